The van der Waals surface area contributed by atoms with Crippen molar-refractivity contribution in [1.29, 1.82) is 0 Å². The van der Waals surface area contributed by atoms with E-state index in [0.717, 1.165) is 15.9 Å². The van der Waals surface area contributed by atoms with Gasteiger partial charge in [-0.3, -0.25) is 0 Å². The molecule has 0 atom stereocenters. The molecule has 2 rings (SSSR count). The number of nitrogens with zero attached hydrogens (tertiary/aromatic N) is 4. The average molecular weight is 310 g/mol. The number of hydrogen-bond donors (Lipinski definition) is 1. The molecule has 0 aromatic carbocycles. The van der Waals surface area contributed by atoms with Gasteiger partial charge in [-0.05, 0) is 22.9 Å². The first-order valence-electron chi connectivity index (χ1n) is 5.64. The van der Waals surface area contributed by atoms with Crippen molar-refractivity contribution in [2.24, 2.45) is 0 Å². The lowest BCUT2D eigenvalue weighted by molar-refractivity contribution is 0.557. The lowest BCUT2D eigenvalue weighted by Crippen LogP contribution is -2.13. The van der Waals surface area contributed by atoms with Gasteiger partial charge >= 0.3 is 0 Å². The van der Waals surface area contributed by atoms with Gasteiger partial charge in [0.05, 0.1) is 10.2 Å². The molecule has 6 heteroatoms. The molecule has 18 heavy (non-hydrogen) atoms. The summed E-state index contributed by atoms with van der Waals surface area (Å²) in [5.74, 6) is 1.23. The van der Waals surface area contributed by atoms with Crippen molar-refractivity contribution >= 4 is 21.7 Å². The number of anilines is 1. The monoisotopic (exact) mass is 309 g/mol. The molecule has 0 amide bonds. The normalized spacial score (nSPS) is 11.8. The van der Waals surface area contributed by atoms with E-state index in [1.165, 1.54) is 6.33 Å². The molecule has 0 saturated heterocycles. The van der Waals surface area contributed by atoms with Crippen LogP contribution in [-0.2, 0) is 5.41 Å². The van der Waals surface area contributed by atoms with Crippen LogP contribution in [0.4, 0.5) is 5.82 Å². The van der Waals surface area contributed by atoms with Crippen molar-refractivity contribution in [3.8, 4) is 5.82 Å². The highest BCUT2D eigenvalue weighted by Crippen LogP contribution is 2.33. The summed E-state index contributed by atoms with van der Waals surface area (Å²) in [6.07, 6.45) is 1.51. The molecule has 2 aromatic heterocycles. The minimum Gasteiger partial charge on any atom is -0.383 e. The third-order valence-electron chi connectivity index (χ3n) is 2.58. The lowest BCUT2D eigenvalue weighted by Gasteiger charge is -2.15. The topological polar surface area (TPSA) is 69.6 Å². The van der Waals surface area contributed by atoms with Crippen LogP contribution in [0.1, 0.15) is 32.2 Å². The maximum atomic E-state index is 6.08. The number of hydrogen-bond acceptors (Lipinski definition) is 4. The molecule has 0 bridgehead atoms. The zero-order valence-electron chi connectivity index (χ0n) is 10.9. The van der Waals surface area contributed by atoms with Crippen LogP contribution in [0.15, 0.2) is 16.9 Å². The second-order valence-corrected chi connectivity index (χ2v) is 6.02. The molecule has 96 valence electrons. The Morgan fingerprint density at radius 3 is 2.44 bits per heavy atom. The number of halogens is 1. The van der Waals surface area contributed by atoms with Gasteiger partial charge in [-0.1, -0.05) is 20.8 Å². The van der Waals surface area contributed by atoms with E-state index < -0.39 is 0 Å². The molecule has 0 aliphatic carbocycles. The predicted octanol–water partition coefficient (Wildman–Crippen LogP) is 2.61. The Labute approximate surface area is 115 Å². The zero-order valence-corrected chi connectivity index (χ0v) is 12.5. The molecule has 0 aliphatic rings. The van der Waals surface area contributed by atoms with Gasteiger partial charge < -0.3 is 5.73 Å². The lowest BCUT2D eigenvalue weighted by atomic mass is 9.92. The minimum atomic E-state index is -0.0831. The maximum Gasteiger partial charge on any atom is 0.159 e. The summed E-state index contributed by atoms with van der Waals surface area (Å²) in [5, 5.41) is 4.55. The van der Waals surface area contributed by atoms with Crippen molar-refractivity contribution in [2.75, 3.05) is 5.73 Å². The van der Waals surface area contributed by atoms with E-state index in [1.54, 1.807) is 4.68 Å². The molecule has 0 saturated carbocycles. The van der Waals surface area contributed by atoms with Gasteiger partial charge in [0.15, 0.2) is 5.82 Å². The van der Waals surface area contributed by atoms with Gasteiger partial charge in [0.25, 0.3) is 0 Å². The second kappa shape index (κ2) is 4.35. The van der Waals surface area contributed by atoms with Crippen molar-refractivity contribution in [3.05, 3.63) is 28.3 Å². The molecule has 0 spiro atoms. The Morgan fingerprint density at radius 1 is 1.28 bits per heavy atom. The first-order chi connectivity index (χ1) is 8.30. The predicted molar refractivity (Wildman–Crippen MR) is 74.7 cm³/mol. The molecule has 0 aliphatic heterocycles. The summed E-state index contributed by atoms with van der Waals surface area (Å²) in [6.45, 7) is 8.18. The van der Waals surface area contributed by atoms with Crippen LogP contribution in [0.25, 0.3) is 5.82 Å². The van der Waals surface area contributed by atoms with Crippen LogP contribution in [0.5, 0.6) is 0 Å². The van der Waals surface area contributed by atoms with Gasteiger partial charge in [-0.25, -0.2) is 9.97 Å². The van der Waals surface area contributed by atoms with Crippen molar-refractivity contribution in [1.82, 2.24) is 19.7 Å². The van der Waals surface area contributed by atoms with E-state index in [0.29, 0.717) is 11.6 Å². The van der Waals surface area contributed by atoms with Crippen LogP contribution in [-0.4, -0.2) is 19.7 Å². The smallest absolute Gasteiger partial charge is 0.159 e. The minimum absolute atomic E-state index is 0.0831. The van der Waals surface area contributed by atoms with Crippen LogP contribution < -0.4 is 5.73 Å². The van der Waals surface area contributed by atoms with E-state index in [2.05, 4.69) is 51.8 Å². The van der Waals surface area contributed by atoms with E-state index in [1.807, 2.05) is 13.0 Å². The highest BCUT2D eigenvalue weighted by atomic mass is 79.9. The first-order valence-corrected chi connectivity index (χ1v) is 6.43. The Balaban J connectivity index is 2.60. The molecular formula is C12H16BrN5. The van der Waals surface area contributed by atoms with E-state index >= 15 is 0 Å². The quantitative estimate of drug-likeness (QED) is 0.879. The highest BCUT2D eigenvalue weighted by Gasteiger charge is 2.25. The van der Waals surface area contributed by atoms with E-state index in [4.69, 9.17) is 5.73 Å². The summed E-state index contributed by atoms with van der Waals surface area (Å²) in [4.78, 5) is 8.26. The third-order valence-corrected chi connectivity index (χ3v) is 3.36. The highest BCUT2D eigenvalue weighted by molar-refractivity contribution is 9.10. The number of nitrogens with two attached hydrogens (primary N) is 1. The average Bonchev–Trinajstić information content (AvgIpc) is 2.55. The van der Waals surface area contributed by atoms with Gasteiger partial charge in [0.2, 0.25) is 0 Å². The number of nitrogen functional groups attached to an aromatic ring is 1. The van der Waals surface area contributed by atoms with Gasteiger partial charge in [0.1, 0.15) is 12.1 Å². The fourth-order valence-corrected chi connectivity index (χ4v) is 2.46. The third kappa shape index (κ3) is 2.25. The molecule has 2 heterocycles. The number of aromatic nitrogens is 4. The van der Waals surface area contributed by atoms with E-state index in [-0.39, 0.29) is 5.41 Å². The molecule has 0 unspecified atom stereocenters. The second-order valence-electron chi connectivity index (χ2n) is 5.23. The van der Waals surface area contributed by atoms with Gasteiger partial charge in [0, 0.05) is 17.2 Å². The molecule has 0 fully saturated rings. The summed E-state index contributed by atoms with van der Waals surface area (Å²) >= 11 is 3.50. The Bertz CT molecular complexity index is 583. The summed E-state index contributed by atoms with van der Waals surface area (Å²) in [7, 11) is 0. The van der Waals surface area contributed by atoms with Crippen LogP contribution in [0.3, 0.4) is 0 Å². The number of rotatable bonds is 1. The van der Waals surface area contributed by atoms with Crippen molar-refractivity contribution < 1.29 is 0 Å². The standard InChI is InChI=1S/C12H16BrN5/c1-7-5-8(16-6-15-7)18-11(14)9(13)10(17-18)12(2,3)4/h5-6H,14H2,1-4H3. The molecule has 2 aromatic rings. The Hall–Kier alpha value is -1.43. The molecule has 2 N–H and O–H groups in total. The summed E-state index contributed by atoms with van der Waals surface area (Å²) in [5.41, 5.74) is 7.78. The Kier molecular flexibility index (Phi) is 3.14. The van der Waals surface area contributed by atoms with Gasteiger partial charge in [-0.2, -0.15) is 9.78 Å². The SMILES string of the molecule is Cc1cc(-n2nc(C(C)(C)C)c(Br)c2N)ncn1. The summed E-state index contributed by atoms with van der Waals surface area (Å²) < 4.78 is 2.46. The Morgan fingerprint density at radius 2 is 1.94 bits per heavy atom. The molecule has 5 nitrogen and oxygen atoms in total. The van der Waals surface area contributed by atoms with Crippen molar-refractivity contribution in [2.45, 2.75) is 33.1 Å². The number of aryl methyl sites for hydroxylation is 1. The maximum absolute atomic E-state index is 6.08. The fourth-order valence-electron chi connectivity index (χ4n) is 1.62. The van der Waals surface area contributed by atoms with Crippen LogP contribution >= 0.6 is 15.9 Å². The summed E-state index contributed by atoms with van der Waals surface area (Å²) in [6, 6.07) is 1.85. The van der Waals surface area contributed by atoms with Crippen LogP contribution in [0, 0.1) is 6.92 Å². The first kappa shape index (κ1) is 13.0. The fraction of sp³-hybridized carbons (Fsp3) is 0.417. The molecule has 0 radical (unpaired) electrons. The largest absolute Gasteiger partial charge is 0.383 e. The zero-order chi connectivity index (χ0) is 13.5. The molecular weight excluding hydrogens is 294 g/mol. The van der Waals surface area contributed by atoms with Crippen LogP contribution in [0.2, 0.25) is 0 Å². The van der Waals surface area contributed by atoms with E-state index in [9.17, 15) is 0 Å². The van der Waals surface area contributed by atoms with Crippen molar-refractivity contribution in [3.63, 3.8) is 0 Å². The van der Waals surface area contributed by atoms with Gasteiger partial charge in [-0.15, -0.1) is 0 Å².